The molecule has 124 valence electrons. The van der Waals surface area contributed by atoms with Gasteiger partial charge in [-0.15, -0.1) is 17.9 Å². The van der Waals surface area contributed by atoms with E-state index in [9.17, 15) is 9.18 Å². The monoisotopic (exact) mass is 360 g/mol. The Labute approximate surface area is 147 Å². The number of rotatable bonds is 5. The first-order valence-electron chi connectivity index (χ1n) is 7.50. The molecular formula is C18H17FN2OS2. The van der Waals surface area contributed by atoms with Gasteiger partial charge < -0.3 is 0 Å². The minimum Gasteiger partial charge on any atom is -0.283 e. The van der Waals surface area contributed by atoms with Gasteiger partial charge in [-0.1, -0.05) is 36.0 Å². The average Bonchev–Trinajstić information content (AvgIpc) is 2.84. The third kappa shape index (κ3) is 3.03. The van der Waals surface area contributed by atoms with Gasteiger partial charge in [0.1, 0.15) is 10.6 Å². The van der Waals surface area contributed by atoms with E-state index in [2.05, 4.69) is 11.6 Å². The van der Waals surface area contributed by atoms with Crippen molar-refractivity contribution in [3.63, 3.8) is 0 Å². The summed E-state index contributed by atoms with van der Waals surface area (Å²) >= 11 is 2.89. The van der Waals surface area contributed by atoms with Gasteiger partial charge in [-0.05, 0) is 31.0 Å². The maximum Gasteiger partial charge on any atom is 0.263 e. The van der Waals surface area contributed by atoms with Crippen LogP contribution in [0.3, 0.4) is 0 Å². The van der Waals surface area contributed by atoms with Crippen LogP contribution in [-0.2, 0) is 12.3 Å². The second-order valence-corrected chi connectivity index (χ2v) is 7.59. The van der Waals surface area contributed by atoms with Gasteiger partial charge >= 0.3 is 0 Å². The van der Waals surface area contributed by atoms with E-state index >= 15 is 0 Å². The summed E-state index contributed by atoms with van der Waals surface area (Å²) in [6, 6.07) is 6.66. The number of hydrogen-bond donors (Lipinski definition) is 0. The largest absolute Gasteiger partial charge is 0.283 e. The molecule has 0 saturated carbocycles. The summed E-state index contributed by atoms with van der Waals surface area (Å²) in [6.07, 6.45) is 1.68. The highest BCUT2D eigenvalue weighted by Gasteiger charge is 2.16. The molecule has 2 heterocycles. The second-order valence-electron chi connectivity index (χ2n) is 5.44. The first-order chi connectivity index (χ1) is 11.5. The number of thiophene rings is 1. The first kappa shape index (κ1) is 16.9. The third-order valence-electron chi connectivity index (χ3n) is 3.88. The first-order valence-corrected chi connectivity index (χ1v) is 9.30. The summed E-state index contributed by atoms with van der Waals surface area (Å²) in [6.45, 7) is 8.05. The van der Waals surface area contributed by atoms with Gasteiger partial charge in [-0.3, -0.25) is 9.36 Å². The molecule has 0 aliphatic rings. The van der Waals surface area contributed by atoms with Crippen LogP contribution in [0.1, 0.15) is 16.0 Å². The molecule has 0 unspecified atom stereocenters. The van der Waals surface area contributed by atoms with Gasteiger partial charge in [0.2, 0.25) is 0 Å². The second kappa shape index (κ2) is 6.91. The van der Waals surface area contributed by atoms with Gasteiger partial charge in [0, 0.05) is 17.2 Å². The molecule has 2 aromatic heterocycles. The summed E-state index contributed by atoms with van der Waals surface area (Å²) in [5, 5.41) is 1.27. The van der Waals surface area contributed by atoms with Gasteiger partial charge in [0.25, 0.3) is 5.56 Å². The predicted molar refractivity (Wildman–Crippen MR) is 99.5 cm³/mol. The fourth-order valence-corrected chi connectivity index (χ4v) is 4.53. The van der Waals surface area contributed by atoms with E-state index in [-0.39, 0.29) is 11.4 Å². The molecule has 0 N–H and O–H groups in total. The van der Waals surface area contributed by atoms with Gasteiger partial charge in [-0.2, -0.15) is 0 Å². The van der Waals surface area contributed by atoms with Gasteiger partial charge in [0.15, 0.2) is 5.16 Å². The molecule has 1 aromatic carbocycles. The standard InChI is InChI=1S/C18H17FN2OS2/c1-4-9-21-17(22)15-11(2)12(3)24-16(15)20-18(21)23-10-13-7-5-6-8-14(13)19/h4-8H,1,9-10H2,2-3H3. The van der Waals surface area contributed by atoms with Crippen LogP contribution in [0.4, 0.5) is 4.39 Å². The van der Waals surface area contributed by atoms with Gasteiger partial charge in [-0.25, -0.2) is 9.37 Å². The van der Waals surface area contributed by atoms with Crippen molar-refractivity contribution in [1.82, 2.24) is 9.55 Å². The minimum atomic E-state index is -0.244. The topological polar surface area (TPSA) is 34.9 Å². The minimum absolute atomic E-state index is 0.0576. The fourth-order valence-electron chi connectivity index (χ4n) is 2.47. The van der Waals surface area contributed by atoms with Crippen LogP contribution in [0.2, 0.25) is 0 Å². The predicted octanol–water partition coefficient (Wildman–Crippen LogP) is 4.69. The van der Waals surface area contributed by atoms with Crippen LogP contribution in [0.15, 0.2) is 46.9 Å². The van der Waals surface area contributed by atoms with Crippen LogP contribution in [0.25, 0.3) is 10.2 Å². The molecule has 0 saturated heterocycles. The number of fused-ring (bicyclic) bond motifs is 1. The molecule has 0 fully saturated rings. The van der Waals surface area contributed by atoms with Crippen LogP contribution < -0.4 is 5.56 Å². The number of aryl methyl sites for hydroxylation is 2. The van der Waals surface area contributed by atoms with E-state index in [1.54, 1.807) is 28.8 Å². The Morgan fingerprint density at radius 2 is 2.12 bits per heavy atom. The van der Waals surface area contributed by atoms with Crippen molar-refractivity contribution in [3.8, 4) is 0 Å². The number of aromatic nitrogens is 2. The Morgan fingerprint density at radius 1 is 1.38 bits per heavy atom. The van der Waals surface area contributed by atoms with Crippen molar-refractivity contribution in [2.75, 3.05) is 0 Å². The number of allylic oxidation sites excluding steroid dienone is 1. The number of hydrogen-bond acceptors (Lipinski definition) is 4. The number of benzene rings is 1. The molecule has 0 aliphatic heterocycles. The molecule has 6 heteroatoms. The Hall–Kier alpha value is -1.92. The Morgan fingerprint density at radius 3 is 2.83 bits per heavy atom. The lowest BCUT2D eigenvalue weighted by atomic mass is 10.2. The quantitative estimate of drug-likeness (QED) is 0.376. The lowest BCUT2D eigenvalue weighted by Gasteiger charge is -2.10. The zero-order chi connectivity index (χ0) is 17.3. The number of thioether (sulfide) groups is 1. The van der Waals surface area contributed by atoms with Crippen molar-refractivity contribution in [1.29, 1.82) is 0 Å². The maximum absolute atomic E-state index is 13.8. The molecule has 0 atom stereocenters. The highest BCUT2D eigenvalue weighted by atomic mass is 32.2. The van der Waals surface area contributed by atoms with Crippen molar-refractivity contribution in [3.05, 3.63) is 69.1 Å². The van der Waals surface area contributed by atoms with Crippen LogP contribution >= 0.6 is 23.1 Å². The van der Waals surface area contributed by atoms with E-state index in [4.69, 9.17) is 0 Å². The van der Waals surface area contributed by atoms with E-state index in [1.165, 1.54) is 29.2 Å². The SMILES string of the molecule is C=CCn1c(SCc2ccccc2F)nc2sc(C)c(C)c2c1=O. The molecule has 0 bridgehead atoms. The molecule has 0 aliphatic carbocycles. The van der Waals surface area contributed by atoms with Crippen LogP contribution in [-0.4, -0.2) is 9.55 Å². The number of nitrogens with zero attached hydrogens (tertiary/aromatic N) is 2. The van der Waals surface area contributed by atoms with E-state index < -0.39 is 0 Å². The smallest absolute Gasteiger partial charge is 0.263 e. The van der Waals surface area contributed by atoms with Crippen molar-refractivity contribution >= 4 is 33.3 Å². The molecule has 0 radical (unpaired) electrons. The summed E-state index contributed by atoms with van der Waals surface area (Å²) in [5.41, 5.74) is 1.52. The van der Waals surface area contributed by atoms with Crippen molar-refractivity contribution < 1.29 is 4.39 Å². The molecular weight excluding hydrogens is 343 g/mol. The zero-order valence-electron chi connectivity index (χ0n) is 13.5. The Balaban J connectivity index is 2.06. The van der Waals surface area contributed by atoms with Crippen molar-refractivity contribution in [2.24, 2.45) is 0 Å². The Kier molecular flexibility index (Phi) is 4.87. The van der Waals surface area contributed by atoms with Crippen molar-refractivity contribution in [2.45, 2.75) is 31.3 Å². The normalized spacial score (nSPS) is 11.1. The third-order valence-corrected chi connectivity index (χ3v) is 6.01. The van der Waals surface area contributed by atoms with E-state index in [0.717, 1.165) is 15.3 Å². The van der Waals surface area contributed by atoms with Crippen LogP contribution in [0.5, 0.6) is 0 Å². The molecule has 3 rings (SSSR count). The molecule has 3 nitrogen and oxygen atoms in total. The summed E-state index contributed by atoms with van der Waals surface area (Å²) in [4.78, 5) is 19.3. The lowest BCUT2D eigenvalue weighted by Crippen LogP contribution is -2.22. The average molecular weight is 360 g/mol. The molecule has 24 heavy (non-hydrogen) atoms. The lowest BCUT2D eigenvalue weighted by molar-refractivity contribution is 0.617. The fraction of sp³-hybridized carbons (Fsp3) is 0.222. The Bertz CT molecular complexity index is 975. The summed E-state index contributed by atoms with van der Waals surface area (Å²) in [5.74, 6) is 0.178. The van der Waals surface area contributed by atoms with E-state index in [1.807, 2.05) is 13.8 Å². The highest BCUT2D eigenvalue weighted by Crippen LogP contribution is 2.29. The molecule has 3 aromatic rings. The van der Waals surface area contributed by atoms with E-state index in [0.29, 0.717) is 28.4 Å². The molecule has 0 amide bonds. The summed E-state index contributed by atoms with van der Waals surface area (Å²) in [7, 11) is 0. The maximum atomic E-state index is 13.8. The molecule has 0 spiro atoms. The van der Waals surface area contributed by atoms with Crippen LogP contribution in [0, 0.1) is 19.7 Å². The number of halogens is 1. The highest BCUT2D eigenvalue weighted by molar-refractivity contribution is 7.98. The zero-order valence-corrected chi connectivity index (χ0v) is 15.1. The summed E-state index contributed by atoms with van der Waals surface area (Å²) < 4.78 is 15.4. The van der Waals surface area contributed by atoms with Gasteiger partial charge in [0.05, 0.1) is 5.39 Å².